The van der Waals surface area contributed by atoms with Crippen LogP contribution in [0.25, 0.3) is 0 Å². The van der Waals surface area contributed by atoms with Crippen molar-refractivity contribution in [1.82, 2.24) is 5.32 Å². The van der Waals surface area contributed by atoms with Crippen molar-refractivity contribution in [3.8, 4) is 11.5 Å². The van der Waals surface area contributed by atoms with Crippen LogP contribution in [0, 0.1) is 6.92 Å². The Hall–Kier alpha value is -2.49. The van der Waals surface area contributed by atoms with Crippen molar-refractivity contribution in [1.29, 1.82) is 0 Å². The molecule has 0 spiro atoms. The third kappa shape index (κ3) is 3.23. The molecule has 2 aromatic rings. The van der Waals surface area contributed by atoms with E-state index in [1.807, 2.05) is 63.2 Å². The lowest BCUT2D eigenvalue weighted by Crippen LogP contribution is -2.39. The normalized spacial score (nSPS) is 13.5. The van der Waals surface area contributed by atoms with Crippen molar-refractivity contribution in [3.63, 3.8) is 0 Å². The molecule has 1 aliphatic heterocycles. The quantitative estimate of drug-likeness (QED) is 0.937. The fourth-order valence-electron chi connectivity index (χ4n) is 2.77. The molecule has 3 rings (SSSR count). The van der Waals surface area contributed by atoms with Crippen LogP contribution >= 0.6 is 0 Å². The number of fused-ring (bicyclic) bond motifs is 1. The van der Waals surface area contributed by atoms with Crippen molar-refractivity contribution in [2.45, 2.75) is 32.7 Å². The largest absolute Gasteiger partial charge is 0.486 e. The van der Waals surface area contributed by atoms with Gasteiger partial charge in [0.05, 0.1) is 5.41 Å². The molecule has 2 aromatic carbocycles. The minimum atomic E-state index is -0.654. The van der Waals surface area contributed by atoms with E-state index >= 15 is 0 Å². The third-order valence-corrected chi connectivity index (χ3v) is 4.53. The second-order valence-corrected chi connectivity index (χ2v) is 6.59. The summed E-state index contributed by atoms with van der Waals surface area (Å²) in [7, 11) is 0. The Labute approximate surface area is 142 Å². The molecule has 0 aromatic heterocycles. The van der Waals surface area contributed by atoms with Gasteiger partial charge in [-0.15, -0.1) is 0 Å². The first-order chi connectivity index (χ1) is 11.5. The average Bonchev–Trinajstić information content (AvgIpc) is 2.60. The monoisotopic (exact) mass is 325 g/mol. The van der Waals surface area contributed by atoms with Crippen molar-refractivity contribution < 1.29 is 14.3 Å². The van der Waals surface area contributed by atoms with Gasteiger partial charge in [-0.2, -0.15) is 0 Å². The van der Waals surface area contributed by atoms with E-state index in [1.165, 1.54) is 5.56 Å². The van der Waals surface area contributed by atoms with Crippen LogP contribution in [0.3, 0.4) is 0 Å². The number of carbonyl (C=O) groups is 1. The number of nitrogens with one attached hydrogen (secondary N) is 1. The van der Waals surface area contributed by atoms with Crippen LogP contribution in [0.1, 0.15) is 30.5 Å². The number of benzene rings is 2. The molecule has 1 amide bonds. The molecule has 4 heteroatoms. The van der Waals surface area contributed by atoms with Gasteiger partial charge >= 0.3 is 0 Å². The molecule has 0 saturated carbocycles. The Morgan fingerprint density at radius 3 is 2.54 bits per heavy atom. The van der Waals surface area contributed by atoms with Crippen LogP contribution in [0.15, 0.2) is 42.5 Å². The fourth-order valence-corrected chi connectivity index (χ4v) is 2.77. The molecule has 4 nitrogen and oxygen atoms in total. The van der Waals surface area contributed by atoms with Gasteiger partial charge in [0.2, 0.25) is 5.91 Å². The van der Waals surface area contributed by atoms with Gasteiger partial charge in [-0.3, -0.25) is 4.79 Å². The van der Waals surface area contributed by atoms with Gasteiger partial charge in [-0.1, -0.05) is 30.3 Å². The van der Waals surface area contributed by atoms with E-state index in [2.05, 4.69) is 5.32 Å². The first kappa shape index (κ1) is 16.4. The minimum absolute atomic E-state index is 0.0116. The summed E-state index contributed by atoms with van der Waals surface area (Å²) in [5.74, 6) is 1.43. The summed E-state index contributed by atoms with van der Waals surface area (Å²) in [6, 6.07) is 13.8. The SMILES string of the molecule is Cc1ccccc1CNC(=O)C(C)(C)c1ccc2c(c1)OCCO2. The maximum atomic E-state index is 12.7. The molecule has 0 unspecified atom stereocenters. The molecule has 0 fully saturated rings. The molecule has 0 radical (unpaired) electrons. The summed E-state index contributed by atoms with van der Waals surface area (Å²) in [6.45, 7) is 7.52. The number of carbonyl (C=O) groups excluding carboxylic acids is 1. The molecule has 1 aliphatic rings. The summed E-state index contributed by atoms with van der Waals surface area (Å²) in [4.78, 5) is 12.7. The number of hydrogen-bond donors (Lipinski definition) is 1. The zero-order chi connectivity index (χ0) is 17.2. The lowest BCUT2D eigenvalue weighted by atomic mass is 9.83. The zero-order valence-corrected chi connectivity index (χ0v) is 14.4. The number of hydrogen-bond acceptors (Lipinski definition) is 3. The second-order valence-electron chi connectivity index (χ2n) is 6.59. The standard InChI is InChI=1S/C20H23NO3/c1-14-6-4-5-7-15(14)13-21-19(22)20(2,3)16-8-9-17-18(12-16)24-11-10-23-17/h4-9,12H,10-11,13H2,1-3H3,(H,21,22). The van der Waals surface area contributed by atoms with Gasteiger partial charge in [0.15, 0.2) is 11.5 Å². The molecule has 0 saturated heterocycles. The lowest BCUT2D eigenvalue weighted by molar-refractivity contribution is -0.125. The van der Waals surface area contributed by atoms with E-state index in [4.69, 9.17) is 9.47 Å². The predicted octanol–water partition coefficient (Wildman–Crippen LogP) is 3.36. The van der Waals surface area contributed by atoms with E-state index < -0.39 is 5.41 Å². The third-order valence-electron chi connectivity index (χ3n) is 4.53. The average molecular weight is 325 g/mol. The van der Waals surface area contributed by atoms with E-state index in [-0.39, 0.29) is 5.91 Å². The number of ether oxygens (including phenoxy) is 2. The van der Waals surface area contributed by atoms with Gasteiger partial charge in [0.25, 0.3) is 0 Å². The van der Waals surface area contributed by atoms with Gasteiger partial charge in [0, 0.05) is 6.54 Å². The van der Waals surface area contributed by atoms with Gasteiger partial charge in [0.1, 0.15) is 13.2 Å². The number of aryl methyl sites for hydroxylation is 1. The maximum absolute atomic E-state index is 12.7. The molecule has 24 heavy (non-hydrogen) atoms. The summed E-state index contributed by atoms with van der Waals surface area (Å²) >= 11 is 0. The van der Waals surface area contributed by atoms with E-state index in [0.717, 1.165) is 16.9 Å². The Balaban J connectivity index is 1.74. The topological polar surface area (TPSA) is 47.6 Å². The predicted molar refractivity (Wildman–Crippen MR) is 93.5 cm³/mol. The van der Waals surface area contributed by atoms with Gasteiger partial charge < -0.3 is 14.8 Å². The number of amides is 1. The van der Waals surface area contributed by atoms with Crippen molar-refractivity contribution in [2.24, 2.45) is 0 Å². The number of rotatable bonds is 4. The Morgan fingerprint density at radius 1 is 1.08 bits per heavy atom. The van der Waals surface area contributed by atoms with Crippen LogP contribution in [-0.2, 0) is 16.8 Å². The molecule has 0 bridgehead atoms. The van der Waals surface area contributed by atoms with E-state index in [1.54, 1.807) is 0 Å². The van der Waals surface area contributed by atoms with Gasteiger partial charge in [-0.05, 0) is 49.6 Å². The minimum Gasteiger partial charge on any atom is -0.486 e. The van der Waals surface area contributed by atoms with Crippen molar-refractivity contribution in [3.05, 3.63) is 59.2 Å². The molecule has 1 heterocycles. The first-order valence-corrected chi connectivity index (χ1v) is 8.21. The van der Waals surface area contributed by atoms with Crippen LogP contribution in [0.4, 0.5) is 0 Å². The fraction of sp³-hybridized carbons (Fsp3) is 0.350. The Bertz CT molecular complexity index is 752. The zero-order valence-electron chi connectivity index (χ0n) is 14.4. The molecule has 0 atom stereocenters. The van der Waals surface area contributed by atoms with E-state index in [9.17, 15) is 4.79 Å². The molecule has 1 N–H and O–H groups in total. The Kier molecular flexibility index (Phi) is 4.47. The highest BCUT2D eigenvalue weighted by molar-refractivity contribution is 5.87. The molecule has 0 aliphatic carbocycles. The van der Waals surface area contributed by atoms with E-state index in [0.29, 0.717) is 25.5 Å². The molecular formula is C20H23NO3. The molecule has 126 valence electrons. The highest BCUT2D eigenvalue weighted by atomic mass is 16.6. The highest BCUT2D eigenvalue weighted by Crippen LogP contribution is 2.35. The maximum Gasteiger partial charge on any atom is 0.230 e. The van der Waals surface area contributed by atoms with Crippen molar-refractivity contribution in [2.75, 3.05) is 13.2 Å². The van der Waals surface area contributed by atoms with Crippen LogP contribution < -0.4 is 14.8 Å². The second kappa shape index (κ2) is 6.56. The highest BCUT2D eigenvalue weighted by Gasteiger charge is 2.31. The summed E-state index contributed by atoms with van der Waals surface area (Å²) in [6.07, 6.45) is 0. The van der Waals surface area contributed by atoms with Crippen LogP contribution in [-0.4, -0.2) is 19.1 Å². The van der Waals surface area contributed by atoms with Crippen LogP contribution in [0.5, 0.6) is 11.5 Å². The molecular weight excluding hydrogens is 302 g/mol. The lowest BCUT2D eigenvalue weighted by Gasteiger charge is -2.26. The summed E-state index contributed by atoms with van der Waals surface area (Å²) in [5, 5.41) is 3.05. The van der Waals surface area contributed by atoms with Gasteiger partial charge in [-0.25, -0.2) is 0 Å². The smallest absolute Gasteiger partial charge is 0.230 e. The summed E-state index contributed by atoms with van der Waals surface area (Å²) < 4.78 is 11.2. The van der Waals surface area contributed by atoms with Crippen molar-refractivity contribution >= 4 is 5.91 Å². The van der Waals surface area contributed by atoms with Crippen LogP contribution in [0.2, 0.25) is 0 Å². The Morgan fingerprint density at radius 2 is 1.79 bits per heavy atom. The summed E-state index contributed by atoms with van der Waals surface area (Å²) in [5.41, 5.74) is 2.56. The first-order valence-electron chi connectivity index (χ1n) is 8.21.